The highest BCUT2D eigenvalue weighted by Crippen LogP contribution is 1.92. The first-order valence-corrected chi connectivity index (χ1v) is 2.16. The van der Waals surface area contributed by atoms with E-state index in [0.717, 1.165) is 0 Å². The van der Waals surface area contributed by atoms with Crippen LogP contribution in [-0.4, -0.2) is 22.6 Å². The molecule has 2 atom stereocenters. The molecule has 0 saturated carbocycles. The lowest BCUT2D eigenvalue weighted by atomic mass is 10.3. The summed E-state index contributed by atoms with van der Waals surface area (Å²) in [4.78, 5) is 3.76. The van der Waals surface area contributed by atoms with Crippen LogP contribution in [0.4, 0.5) is 0 Å². The molecule has 0 heterocycles. The van der Waals surface area contributed by atoms with Gasteiger partial charge in [-0.2, -0.15) is 0 Å². The van der Waals surface area contributed by atoms with Crippen LogP contribution >= 0.6 is 0 Å². The molecule has 0 aromatic heterocycles. The van der Waals surface area contributed by atoms with Crippen LogP contribution < -0.4 is 0 Å². The molecule has 0 fully saturated rings. The molecule has 0 aromatic carbocycles. The van der Waals surface area contributed by atoms with Crippen molar-refractivity contribution in [1.29, 1.82) is 0 Å². The highest BCUT2D eigenvalue weighted by atomic mass is 17.1. The van der Waals surface area contributed by atoms with E-state index < -0.39 is 12.2 Å². The van der Waals surface area contributed by atoms with Crippen molar-refractivity contribution in [2.24, 2.45) is 0 Å². The van der Waals surface area contributed by atoms with Gasteiger partial charge in [0.15, 0.2) is 0 Å². The minimum atomic E-state index is -0.606. The van der Waals surface area contributed by atoms with E-state index in [2.05, 4.69) is 4.89 Å². The summed E-state index contributed by atoms with van der Waals surface area (Å²) in [5.74, 6) is 0. The van der Waals surface area contributed by atoms with Crippen LogP contribution in [0.15, 0.2) is 0 Å². The van der Waals surface area contributed by atoms with Gasteiger partial charge in [0.1, 0.15) is 6.10 Å². The van der Waals surface area contributed by atoms with Gasteiger partial charge in [-0.15, -0.1) is 0 Å². The summed E-state index contributed by atoms with van der Waals surface area (Å²) in [6.07, 6.45) is -1.09. The van der Waals surface area contributed by atoms with E-state index in [-0.39, 0.29) is 0 Å². The maximum Gasteiger partial charge on any atom is 0.115 e. The van der Waals surface area contributed by atoms with Crippen LogP contribution in [0.5, 0.6) is 0 Å². The van der Waals surface area contributed by atoms with E-state index >= 15 is 0 Å². The second-order valence-corrected chi connectivity index (χ2v) is 1.55. The predicted octanol–water partition coefficient (Wildman–Crippen LogP) is 0.245. The van der Waals surface area contributed by atoms with Crippen molar-refractivity contribution in [2.75, 3.05) is 0 Å². The zero-order valence-corrected chi connectivity index (χ0v) is 4.46. The fraction of sp³-hybridized carbons (Fsp3) is 1.00. The number of aliphatic hydroxyl groups excluding tert-OH is 1. The molecule has 0 radical (unpaired) electrons. The average Bonchev–Trinajstić information content (AvgIpc) is 1.65. The van der Waals surface area contributed by atoms with Crippen molar-refractivity contribution >= 4 is 0 Å². The maximum absolute atomic E-state index is 8.54. The smallest absolute Gasteiger partial charge is 0.115 e. The summed E-state index contributed by atoms with van der Waals surface area (Å²) in [5, 5.41) is 16.4. The van der Waals surface area contributed by atoms with Gasteiger partial charge in [-0.1, -0.05) is 0 Å². The topological polar surface area (TPSA) is 49.7 Å². The van der Waals surface area contributed by atoms with E-state index in [0.29, 0.717) is 0 Å². The molecular weight excluding hydrogens is 96.0 g/mol. The maximum atomic E-state index is 8.54. The molecule has 3 heteroatoms. The van der Waals surface area contributed by atoms with Gasteiger partial charge in [0, 0.05) is 0 Å². The minimum Gasteiger partial charge on any atom is -0.391 e. The van der Waals surface area contributed by atoms with Crippen LogP contribution in [0.1, 0.15) is 13.8 Å². The molecule has 0 aromatic rings. The Morgan fingerprint density at radius 3 is 1.86 bits per heavy atom. The van der Waals surface area contributed by atoms with Gasteiger partial charge < -0.3 is 5.11 Å². The third-order valence-electron chi connectivity index (χ3n) is 0.846. The van der Waals surface area contributed by atoms with Crippen LogP contribution in [0.3, 0.4) is 0 Å². The van der Waals surface area contributed by atoms with Crippen molar-refractivity contribution in [2.45, 2.75) is 26.1 Å². The van der Waals surface area contributed by atoms with Gasteiger partial charge in [0.25, 0.3) is 0 Å². The predicted molar refractivity (Wildman–Crippen MR) is 24.9 cm³/mol. The number of aliphatic hydroxyl groups is 1. The molecule has 0 amide bonds. The monoisotopic (exact) mass is 106 g/mol. The van der Waals surface area contributed by atoms with Crippen molar-refractivity contribution in [3.8, 4) is 0 Å². The van der Waals surface area contributed by atoms with E-state index in [1.165, 1.54) is 0 Å². The van der Waals surface area contributed by atoms with Crippen LogP contribution in [0, 0.1) is 0 Å². The molecule has 0 aliphatic rings. The van der Waals surface area contributed by atoms with Crippen LogP contribution in [0.2, 0.25) is 0 Å². The van der Waals surface area contributed by atoms with E-state index in [4.69, 9.17) is 10.4 Å². The number of rotatable bonds is 2. The van der Waals surface area contributed by atoms with Crippen molar-refractivity contribution in [3.63, 3.8) is 0 Å². The van der Waals surface area contributed by atoms with Gasteiger partial charge in [-0.3, -0.25) is 5.26 Å². The average molecular weight is 106 g/mol. The Kier molecular flexibility index (Phi) is 2.91. The highest BCUT2D eigenvalue weighted by molar-refractivity contribution is 4.52. The molecule has 7 heavy (non-hydrogen) atoms. The lowest BCUT2D eigenvalue weighted by molar-refractivity contribution is -0.289. The Labute approximate surface area is 42.5 Å². The molecule has 3 nitrogen and oxygen atoms in total. The molecule has 2 N–H and O–H groups in total. The fourth-order valence-corrected chi connectivity index (χ4v) is 0.0881. The second kappa shape index (κ2) is 2.96. The van der Waals surface area contributed by atoms with E-state index in [1.807, 2.05) is 0 Å². The highest BCUT2D eigenvalue weighted by Gasteiger charge is 2.06. The SMILES string of the molecule is C[C@@H](O)[C@@H](C)OO. The fourth-order valence-electron chi connectivity index (χ4n) is 0.0881. The second-order valence-electron chi connectivity index (χ2n) is 1.55. The normalized spacial score (nSPS) is 18.9. The van der Waals surface area contributed by atoms with Gasteiger partial charge in [0.05, 0.1) is 6.10 Å². The Morgan fingerprint density at radius 1 is 1.43 bits per heavy atom. The zero-order valence-electron chi connectivity index (χ0n) is 4.46. The number of hydrogen-bond donors (Lipinski definition) is 2. The molecule has 0 rings (SSSR count). The van der Waals surface area contributed by atoms with Gasteiger partial charge in [-0.05, 0) is 13.8 Å². The summed E-state index contributed by atoms with van der Waals surface area (Å²) < 4.78 is 0. The van der Waals surface area contributed by atoms with Gasteiger partial charge in [-0.25, -0.2) is 4.89 Å². The summed E-state index contributed by atoms with van der Waals surface area (Å²) in [6.45, 7) is 3.12. The first-order chi connectivity index (χ1) is 3.18. The quantitative estimate of drug-likeness (QED) is 0.391. The standard InChI is InChI=1S/C4H10O3/c1-3(5)4(2)7-6/h3-6H,1-2H3/t3-,4-/m1/s1. The third kappa shape index (κ3) is 2.56. The summed E-state index contributed by atoms with van der Waals surface area (Å²) in [5.41, 5.74) is 0. The Morgan fingerprint density at radius 2 is 1.86 bits per heavy atom. The lowest BCUT2D eigenvalue weighted by Gasteiger charge is -2.08. The molecule has 0 saturated heterocycles. The molecule has 0 aliphatic carbocycles. The van der Waals surface area contributed by atoms with Gasteiger partial charge >= 0.3 is 0 Å². The van der Waals surface area contributed by atoms with Crippen LogP contribution in [-0.2, 0) is 4.89 Å². The van der Waals surface area contributed by atoms with Gasteiger partial charge in [0.2, 0.25) is 0 Å². The van der Waals surface area contributed by atoms with E-state index in [1.54, 1.807) is 13.8 Å². The minimum absolute atomic E-state index is 0.486. The van der Waals surface area contributed by atoms with E-state index in [9.17, 15) is 0 Å². The summed E-state index contributed by atoms with van der Waals surface area (Å²) in [7, 11) is 0. The summed E-state index contributed by atoms with van der Waals surface area (Å²) in [6, 6.07) is 0. The van der Waals surface area contributed by atoms with Crippen molar-refractivity contribution < 1.29 is 15.3 Å². The first-order valence-electron chi connectivity index (χ1n) is 2.16. The lowest BCUT2D eigenvalue weighted by Crippen LogP contribution is -2.20. The van der Waals surface area contributed by atoms with Crippen molar-refractivity contribution in [3.05, 3.63) is 0 Å². The van der Waals surface area contributed by atoms with Crippen molar-refractivity contribution in [1.82, 2.24) is 0 Å². The Hall–Kier alpha value is -0.120. The molecule has 0 spiro atoms. The summed E-state index contributed by atoms with van der Waals surface area (Å²) >= 11 is 0. The van der Waals surface area contributed by atoms with Crippen LogP contribution in [0.25, 0.3) is 0 Å². The molecule has 0 bridgehead atoms. The molecule has 0 unspecified atom stereocenters. The molecule has 0 aliphatic heterocycles. The first kappa shape index (κ1) is 6.88. The number of hydrogen-bond acceptors (Lipinski definition) is 3. The Balaban J connectivity index is 3.14. The third-order valence-corrected chi connectivity index (χ3v) is 0.846. The molecule has 44 valence electrons. The largest absolute Gasteiger partial charge is 0.391 e. The Bertz CT molecular complexity index is 44.2. The zero-order chi connectivity index (χ0) is 5.86. The molecular formula is C4H10O3.